The summed E-state index contributed by atoms with van der Waals surface area (Å²) in [7, 11) is -3.31. The minimum Gasteiger partial charge on any atom is -0.227 e. The van der Waals surface area contributed by atoms with Crippen LogP contribution >= 0.6 is 0 Å². The van der Waals surface area contributed by atoms with E-state index in [0.29, 0.717) is 0 Å². The quantitative estimate of drug-likeness (QED) is 0.598. The molecule has 0 fully saturated rings. The van der Waals surface area contributed by atoms with Crippen LogP contribution in [-0.2, 0) is 9.84 Å². The summed E-state index contributed by atoms with van der Waals surface area (Å²) >= 11 is 0. The smallest absolute Gasteiger partial charge is 0.166 e. The van der Waals surface area contributed by atoms with Crippen LogP contribution < -0.4 is 0 Å². The molecule has 0 amide bonds. The lowest BCUT2D eigenvalue weighted by Gasteiger charge is -2.16. The van der Waals surface area contributed by atoms with Gasteiger partial charge >= 0.3 is 0 Å². The topological polar surface area (TPSA) is 57.9 Å². The molecule has 0 aliphatic carbocycles. The molecule has 0 N–H and O–H groups in total. The number of nitriles is 1. The van der Waals surface area contributed by atoms with Crippen LogP contribution in [0.25, 0.3) is 0 Å². The van der Waals surface area contributed by atoms with Crippen molar-refractivity contribution in [2.24, 2.45) is 0 Å². The van der Waals surface area contributed by atoms with Gasteiger partial charge in [-0.05, 0) is 13.3 Å². The first-order valence-electron chi connectivity index (χ1n) is 3.09. The SMILES string of the molecule is C=CCC(C)([14C]#N)S(C)(=O)=O. The van der Waals surface area contributed by atoms with E-state index in [1.165, 1.54) is 13.0 Å². The number of hydrogen-bond donors (Lipinski definition) is 0. The Labute approximate surface area is 67.3 Å². The van der Waals surface area contributed by atoms with E-state index in [1.54, 1.807) is 6.07 Å². The molecule has 0 radical (unpaired) electrons. The van der Waals surface area contributed by atoms with Crippen LogP contribution in [0.4, 0.5) is 0 Å². The fraction of sp³-hybridized carbons (Fsp3) is 0.571. The summed E-state index contributed by atoms with van der Waals surface area (Å²) in [5.74, 6) is 0. The van der Waals surface area contributed by atoms with Gasteiger partial charge < -0.3 is 0 Å². The first-order chi connectivity index (χ1) is 4.87. The summed E-state index contributed by atoms with van der Waals surface area (Å²) in [5.41, 5.74) is 0. The minimum atomic E-state index is -3.31. The van der Waals surface area contributed by atoms with Crippen LogP contribution in [0.2, 0.25) is 0 Å². The monoisotopic (exact) mass is 175 g/mol. The highest BCUT2D eigenvalue weighted by Crippen LogP contribution is 2.19. The van der Waals surface area contributed by atoms with E-state index < -0.39 is 14.6 Å². The Hall–Kier alpha value is -0.820. The fourth-order valence-electron chi connectivity index (χ4n) is 0.555. The average Bonchev–Trinajstić information content (AvgIpc) is 1.86. The minimum absolute atomic E-state index is 0.169. The zero-order valence-electron chi connectivity index (χ0n) is 6.66. The summed E-state index contributed by atoms with van der Waals surface area (Å²) in [4.78, 5) is 0. The molecule has 0 rings (SSSR count). The van der Waals surface area contributed by atoms with E-state index in [1.807, 2.05) is 0 Å². The Kier molecular flexibility index (Phi) is 2.83. The number of rotatable bonds is 3. The zero-order chi connectivity index (χ0) is 9.12. The van der Waals surface area contributed by atoms with E-state index in [4.69, 9.17) is 5.26 Å². The second-order valence-corrected chi connectivity index (χ2v) is 5.05. The molecule has 1 unspecified atom stereocenters. The number of sulfone groups is 1. The van der Waals surface area contributed by atoms with Crippen molar-refractivity contribution < 1.29 is 8.42 Å². The summed E-state index contributed by atoms with van der Waals surface area (Å²) in [6.07, 6.45) is 2.66. The van der Waals surface area contributed by atoms with Gasteiger partial charge in [0.1, 0.15) is 0 Å². The number of allylic oxidation sites excluding steroid dienone is 1. The highest BCUT2D eigenvalue weighted by molar-refractivity contribution is 7.92. The van der Waals surface area contributed by atoms with Crippen molar-refractivity contribution in [1.29, 1.82) is 5.26 Å². The van der Waals surface area contributed by atoms with E-state index in [9.17, 15) is 8.42 Å². The van der Waals surface area contributed by atoms with Crippen molar-refractivity contribution in [3.05, 3.63) is 12.7 Å². The van der Waals surface area contributed by atoms with Crippen molar-refractivity contribution in [2.45, 2.75) is 18.1 Å². The van der Waals surface area contributed by atoms with Gasteiger partial charge in [-0.15, -0.1) is 6.58 Å². The predicted octanol–water partition coefficient (Wildman–Crippen LogP) is 0.889. The first-order valence-corrected chi connectivity index (χ1v) is 4.98. The van der Waals surface area contributed by atoms with Gasteiger partial charge in [-0.2, -0.15) is 5.26 Å². The van der Waals surface area contributed by atoms with E-state index in [-0.39, 0.29) is 6.42 Å². The van der Waals surface area contributed by atoms with Gasteiger partial charge in [-0.1, -0.05) is 6.08 Å². The van der Waals surface area contributed by atoms with Crippen LogP contribution in [0.3, 0.4) is 0 Å². The Morgan fingerprint density at radius 2 is 2.18 bits per heavy atom. The van der Waals surface area contributed by atoms with Crippen molar-refractivity contribution in [3.63, 3.8) is 0 Å². The molecule has 0 aromatic carbocycles. The maximum absolute atomic E-state index is 11.0. The Balaban J connectivity index is 4.95. The molecule has 0 aliphatic heterocycles. The van der Waals surface area contributed by atoms with Gasteiger partial charge in [0, 0.05) is 6.26 Å². The summed E-state index contributed by atoms with van der Waals surface area (Å²) < 4.78 is 20.7. The van der Waals surface area contributed by atoms with Crippen LogP contribution in [-0.4, -0.2) is 19.4 Å². The van der Waals surface area contributed by atoms with Gasteiger partial charge in [0.2, 0.25) is 0 Å². The standard InChI is InChI=1S/C7H11NO2S/c1-4-5-7(2,6-8)11(3,9)10/h4H,1,5H2,2-3H3/i6+2. The van der Waals surface area contributed by atoms with Crippen molar-refractivity contribution in [1.82, 2.24) is 0 Å². The van der Waals surface area contributed by atoms with Gasteiger partial charge in [0.05, 0.1) is 6.07 Å². The van der Waals surface area contributed by atoms with Crippen LogP contribution in [0.1, 0.15) is 13.3 Å². The zero-order valence-corrected chi connectivity index (χ0v) is 7.48. The molecule has 0 heterocycles. The van der Waals surface area contributed by atoms with Gasteiger partial charge in [0.25, 0.3) is 0 Å². The Morgan fingerprint density at radius 3 is 2.27 bits per heavy atom. The molecule has 0 bridgehead atoms. The summed E-state index contributed by atoms with van der Waals surface area (Å²) in [5, 5.41) is 8.58. The molecule has 4 heteroatoms. The second kappa shape index (κ2) is 3.05. The summed E-state index contributed by atoms with van der Waals surface area (Å²) in [6.45, 7) is 4.78. The largest absolute Gasteiger partial charge is 0.227 e. The lowest BCUT2D eigenvalue weighted by molar-refractivity contribution is 0.573. The van der Waals surface area contributed by atoms with Crippen LogP contribution in [0.15, 0.2) is 12.7 Å². The molecule has 0 aromatic heterocycles. The van der Waals surface area contributed by atoms with Crippen LogP contribution in [0, 0.1) is 11.3 Å². The fourth-order valence-corrected chi connectivity index (χ4v) is 1.14. The van der Waals surface area contributed by atoms with Gasteiger partial charge in [-0.3, -0.25) is 0 Å². The third kappa shape index (κ3) is 2.05. The van der Waals surface area contributed by atoms with Gasteiger partial charge in [0.15, 0.2) is 14.6 Å². The van der Waals surface area contributed by atoms with Crippen LogP contribution in [0.5, 0.6) is 0 Å². The predicted molar refractivity (Wildman–Crippen MR) is 43.7 cm³/mol. The molecule has 0 saturated carbocycles. The Morgan fingerprint density at radius 1 is 1.73 bits per heavy atom. The number of nitrogens with zero attached hydrogens (tertiary/aromatic N) is 1. The third-order valence-corrected chi connectivity index (χ3v) is 3.48. The van der Waals surface area contributed by atoms with E-state index >= 15 is 0 Å². The number of hydrogen-bond acceptors (Lipinski definition) is 3. The molecular formula is C7H11NO2S. The molecular weight excluding hydrogens is 164 g/mol. The highest BCUT2D eigenvalue weighted by atomic mass is 32.2. The average molecular weight is 175 g/mol. The lowest BCUT2D eigenvalue weighted by Crippen LogP contribution is -2.31. The van der Waals surface area contributed by atoms with Crippen molar-refractivity contribution in [2.75, 3.05) is 6.26 Å². The molecule has 0 aliphatic rings. The molecule has 0 spiro atoms. The highest BCUT2D eigenvalue weighted by Gasteiger charge is 2.34. The van der Waals surface area contributed by atoms with Crippen molar-refractivity contribution >= 4 is 9.84 Å². The normalized spacial score (nSPS) is 16.5. The maximum atomic E-state index is 11.0. The van der Waals surface area contributed by atoms with Gasteiger partial charge in [-0.25, -0.2) is 8.42 Å². The molecule has 0 saturated heterocycles. The molecule has 1 atom stereocenters. The lowest BCUT2D eigenvalue weighted by atomic mass is 10.2. The second-order valence-electron chi connectivity index (χ2n) is 2.61. The maximum Gasteiger partial charge on any atom is 0.166 e. The van der Waals surface area contributed by atoms with E-state index in [0.717, 1.165) is 6.26 Å². The summed E-state index contributed by atoms with van der Waals surface area (Å²) in [6, 6.07) is 1.76. The first kappa shape index (κ1) is 10.2. The van der Waals surface area contributed by atoms with E-state index in [2.05, 4.69) is 6.58 Å². The third-order valence-electron chi connectivity index (χ3n) is 1.59. The molecule has 3 nitrogen and oxygen atoms in total. The molecule has 11 heavy (non-hydrogen) atoms. The Bertz CT molecular complexity index is 286. The molecule has 0 aromatic rings. The molecule has 62 valence electrons. The van der Waals surface area contributed by atoms with Crippen molar-refractivity contribution in [3.8, 4) is 6.07 Å².